The van der Waals surface area contributed by atoms with Crippen molar-refractivity contribution in [3.05, 3.63) is 47.2 Å². The van der Waals surface area contributed by atoms with Gasteiger partial charge in [0.15, 0.2) is 30.3 Å². The Bertz CT molecular complexity index is 1020. The number of hydrogen-bond donors (Lipinski definition) is 2. The van der Waals surface area contributed by atoms with Gasteiger partial charge in [-0.1, -0.05) is 31.5 Å². The van der Waals surface area contributed by atoms with Crippen LogP contribution in [0.15, 0.2) is 36.5 Å². The summed E-state index contributed by atoms with van der Waals surface area (Å²) < 4.78 is 27.3. The topological polar surface area (TPSA) is 125 Å². The number of halogens is 1. The lowest BCUT2D eigenvalue weighted by molar-refractivity contribution is -0.155. The van der Waals surface area contributed by atoms with Gasteiger partial charge in [0.1, 0.15) is 24.0 Å². The van der Waals surface area contributed by atoms with Crippen LogP contribution in [0.2, 0.25) is 5.02 Å². The summed E-state index contributed by atoms with van der Waals surface area (Å²) >= 11 is 6.04. The van der Waals surface area contributed by atoms with Gasteiger partial charge >= 0.3 is 5.97 Å². The molecule has 36 heavy (non-hydrogen) atoms. The first kappa shape index (κ1) is 29.2. The molecule has 1 amide bonds. The average Bonchev–Trinajstić information content (AvgIpc) is 2.81. The second-order valence-corrected chi connectivity index (χ2v) is 8.78. The highest BCUT2D eigenvalue weighted by Crippen LogP contribution is 2.29. The number of nitrogens with zero attached hydrogens (tertiary/aromatic N) is 1. The molecule has 0 saturated carbocycles. The number of esters is 1. The minimum atomic E-state index is -1.07. The summed E-state index contributed by atoms with van der Waals surface area (Å²) in [6.45, 7) is 8.17. The third-order valence-corrected chi connectivity index (χ3v) is 5.24. The predicted octanol–water partition coefficient (Wildman–Crippen LogP) is 3.59. The van der Waals surface area contributed by atoms with E-state index in [0.29, 0.717) is 10.8 Å². The van der Waals surface area contributed by atoms with Gasteiger partial charge in [-0.05, 0) is 44.9 Å². The SMILES string of the molecule is COc1ccnc(C(=O)N[C@@H](C)C(=O)O[C@@H](C)[C@@H](Oc2cccc(Cl)c2)C(C)C)c1OCOC(C)O. The van der Waals surface area contributed by atoms with Crippen molar-refractivity contribution >= 4 is 23.5 Å². The molecule has 1 aromatic carbocycles. The van der Waals surface area contributed by atoms with Gasteiger partial charge in [-0.3, -0.25) is 4.79 Å². The van der Waals surface area contributed by atoms with Crippen LogP contribution < -0.4 is 19.5 Å². The van der Waals surface area contributed by atoms with E-state index in [0.717, 1.165) is 0 Å². The summed E-state index contributed by atoms with van der Waals surface area (Å²) in [6.07, 6.45) is -0.785. The summed E-state index contributed by atoms with van der Waals surface area (Å²) in [7, 11) is 1.40. The zero-order valence-corrected chi connectivity index (χ0v) is 21.9. The van der Waals surface area contributed by atoms with Crippen LogP contribution in [0.3, 0.4) is 0 Å². The highest BCUT2D eigenvalue weighted by molar-refractivity contribution is 6.30. The largest absolute Gasteiger partial charge is 0.493 e. The fourth-order valence-electron chi connectivity index (χ4n) is 3.23. The Morgan fingerprint density at radius 3 is 2.47 bits per heavy atom. The Labute approximate surface area is 215 Å². The van der Waals surface area contributed by atoms with Crippen LogP contribution in [0, 0.1) is 5.92 Å². The van der Waals surface area contributed by atoms with E-state index in [4.69, 9.17) is 35.3 Å². The first-order valence-electron chi connectivity index (χ1n) is 11.4. The second-order valence-electron chi connectivity index (χ2n) is 8.34. The van der Waals surface area contributed by atoms with E-state index in [1.54, 1.807) is 31.2 Å². The summed E-state index contributed by atoms with van der Waals surface area (Å²) in [5, 5.41) is 12.3. The van der Waals surface area contributed by atoms with Crippen LogP contribution in [0.4, 0.5) is 0 Å². The van der Waals surface area contributed by atoms with Crippen molar-refractivity contribution in [2.75, 3.05) is 13.9 Å². The number of rotatable bonds is 13. The highest BCUT2D eigenvalue weighted by Gasteiger charge is 2.29. The number of carbonyl (C=O) groups excluding carboxylic acids is 2. The van der Waals surface area contributed by atoms with E-state index in [1.807, 2.05) is 13.8 Å². The van der Waals surface area contributed by atoms with Gasteiger partial charge in [0, 0.05) is 17.3 Å². The summed E-state index contributed by atoms with van der Waals surface area (Å²) in [4.78, 5) is 29.7. The Balaban J connectivity index is 2.06. The predicted molar refractivity (Wildman–Crippen MR) is 132 cm³/mol. The van der Waals surface area contributed by atoms with Gasteiger partial charge < -0.3 is 34.1 Å². The maximum absolute atomic E-state index is 12.9. The summed E-state index contributed by atoms with van der Waals surface area (Å²) in [5.41, 5.74) is -0.124. The molecule has 0 spiro atoms. The Morgan fingerprint density at radius 1 is 1.14 bits per heavy atom. The standard InChI is InChI=1S/C25H33ClN2O8/c1-14(2)22(36-19-9-7-8-18(26)12-19)16(4)35-25(31)15(3)28-24(30)21-23(34-13-33-17(5)29)20(32-6)10-11-27-21/h7-12,14-17,22,29H,13H2,1-6H3,(H,28,30)/t15-,16-,17?,22-/m0/s1. The average molecular weight is 525 g/mol. The molecule has 0 bridgehead atoms. The first-order valence-corrected chi connectivity index (χ1v) is 11.8. The highest BCUT2D eigenvalue weighted by atomic mass is 35.5. The molecule has 0 saturated heterocycles. The molecule has 1 unspecified atom stereocenters. The number of benzene rings is 1. The van der Waals surface area contributed by atoms with Crippen molar-refractivity contribution in [3.63, 3.8) is 0 Å². The van der Waals surface area contributed by atoms with Crippen LogP contribution in [0.1, 0.15) is 45.1 Å². The van der Waals surface area contributed by atoms with Gasteiger partial charge in [-0.25, -0.2) is 9.78 Å². The zero-order chi connectivity index (χ0) is 26.8. The van der Waals surface area contributed by atoms with Gasteiger partial charge in [0.25, 0.3) is 5.91 Å². The molecule has 0 aliphatic rings. The molecule has 198 valence electrons. The van der Waals surface area contributed by atoms with Crippen LogP contribution in [0.25, 0.3) is 0 Å². The molecule has 0 aliphatic heterocycles. The Morgan fingerprint density at radius 2 is 1.86 bits per heavy atom. The van der Waals surface area contributed by atoms with Gasteiger partial charge in [0.05, 0.1) is 7.11 Å². The molecule has 10 nitrogen and oxygen atoms in total. The first-order chi connectivity index (χ1) is 17.0. The van der Waals surface area contributed by atoms with Crippen molar-refractivity contribution in [1.82, 2.24) is 10.3 Å². The molecule has 11 heteroatoms. The van der Waals surface area contributed by atoms with Crippen molar-refractivity contribution in [3.8, 4) is 17.2 Å². The van der Waals surface area contributed by atoms with Crippen LogP contribution in [0.5, 0.6) is 17.2 Å². The number of ether oxygens (including phenoxy) is 5. The van der Waals surface area contributed by atoms with Gasteiger partial charge in [-0.15, -0.1) is 0 Å². The lowest BCUT2D eigenvalue weighted by atomic mass is 10.0. The maximum atomic E-state index is 12.9. The normalized spacial score (nSPS) is 14.4. The number of hydrogen-bond acceptors (Lipinski definition) is 9. The minimum Gasteiger partial charge on any atom is -0.493 e. The molecule has 2 aromatic rings. The van der Waals surface area contributed by atoms with Crippen molar-refractivity contribution < 1.29 is 38.4 Å². The smallest absolute Gasteiger partial charge is 0.328 e. The zero-order valence-electron chi connectivity index (χ0n) is 21.2. The maximum Gasteiger partial charge on any atom is 0.328 e. The van der Waals surface area contributed by atoms with Gasteiger partial charge in [-0.2, -0.15) is 0 Å². The molecule has 0 aliphatic carbocycles. The third-order valence-electron chi connectivity index (χ3n) is 5.01. The van der Waals surface area contributed by atoms with E-state index in [1.165, 1.54) is 33.2 Å². The molecule has 4 atom stereocenters. The molecule has 1 heterocycles. The number of aliphatic hydroxyl groups excluding tert-OH is 1. The Hall–Kier alpha value is -3.08. The number of pyridine rings is 1. The van der Waals surface area contributed by atoms with E-state index < -0.39 is 36.4 Å². The minimum absolute atomic E-state index is 0.00174. The van der Waals surface area contributed by atoms with Crippen LogP contribution >= 0.6 is 11.6 Å². The fraction of sp³-hybridized carbons (Fsp3) is 0.480. The number of amides is 1. The molecule has 0 fully saturated rings. The number of methoxy groups -OCH3 is 1. The fourth-order valence-corrected chi connectivity index (χ4v) is 3.41. The van der Waals surface area contributed by atoms with E-state index >= 15 is 0 Å². The molecule has 2 rings (SSSR count). The second kappa shape index (κ2) is 13.9. The van der Waals surface area contributed by atoms with E-state index in [-0.39, 0.29) is 29.9 Å². The number of aromatic nitrogens is 1. The molecule has 0 radical (unpaired) electrons. The van der Waals surface area contributed by atoms with Crippen molar-refractivity contribution in [1.29, 1.82) is 0 Å². The Kier molecular flexibility index (Phi) is 11.2. The van der Waals surface area contributed by atoms with Crippen LogP contribution in [-0.4, -0.2) is 60.4 Å². The van der Waals surface area contributed by atoms with E-state index in [9.17, 15) is 14.7 Å². The molecular weight excluding hydrogens is 492 g/mol. The number of carbonyl (C=O) groups is 2. The molecule has 1 aromatic heterocycles. The quantitative estimate of drug-likeness (QED) is 0.298. The van der Waals surface area contributed by atoms with Crippen molar-refractivity contribution in [2.45, 2.75) is 59.2 Å². The summed E-state index contributed by atoms with van der Waals surface area (Å²) in [6, 6.07) is 7.45. The van der Waals surface area contributed by atoms with E-state index in [2.05, 4.69) is 10.3 Å². The van der Waals surface area contributed by atoms with Crippen LogP contribution in [-0.2, 0) is 14.3 Å². The lowest BCUT2D eigenvalue weighted by Gasteiger charge is -2.29. The third kappa shape index (κ3) is 8.54. The molecular formula is C25H33ClN2O8. The monoisotopic (exact) mass is 524 g/mol. The van der Waals surface area contributed by atoms with Gasteiger partial charge in [0.2, 0.25) is 0 Å². The molecule has 2 N–H and O–H groups in total. The number of nitrogens with one attached hydrogen (secondary N) is 1. The lowest BCUT2D eigenvalue weighted by Crippen LogP contribution is -2.44. The van der Waals surface area contributed by atoms with Crippen molar-refractivity contribution in [2.24, 2.45) is 5.92 Å². The summed E-state index contributed by atoms with van der Waals surface area (Å²) in [5.74, 6) is -0.538. The number of aliphatic hydroxyl groups is 1.